The van der Waals surface area contributed by atoms with Gasteiger partial charge in [0.2, 0.25) is 0 Å². The molecule has 2 heterocycles. The van der Waals surface area contributed by atoms with Gasteiger partial charge in [0.25, 0.3) is 0 Å². The average Bonchev–Trinajstić information content (AvgIpc) is 2.80. The summed E-state index contributed by atoms with van der Waals surface area (Å²) >= 11 is 1.75. The topological polar surface area (TPSA) is 42.1 Å². The first kappa shape index (κ1) is 11.7. The number of nitrogens with two attached hydrogens (primary N) is 1. The van der Waals surface area contributed by atoms with E-state index in [9.17, 15) is 0 Å². The highest BCUT2D eigenvalue weighted by Gasteiger charge is 2.31. The number of benzene rings is 2. The molecule has 3 aromatic rings. The van der Waals surface area contributed by atoms with Crippen LogP contribution in [0.5, 0.6) is 0 Å². The summed E-state index contributed by atoms with van der Waals surface area (Å²) in [6, 6.07) is 17.1. The van der Waals surface area contributed by atoms with Crippen molar-refractivity contribution in [2.45, 2.75) is 12.5 Å². The molecule has 0 radical (unpaired) electrons. The fourth-order valence-electron chi connectivity index (χ4n) is 2.69. The van der Waals surface area contributed by atoms with E-state index in [1.54, 1.807) is 11.3 Å². The minimum Gasteiger partial charge on any atom is -0.399 e. The summed E-state index contributed by atoms with van der Waals surface area (Å²) in [5, 5.41) is 1.10. The third kappa shape index (κ3) is 1.84. The predicted molar refractivity (Wildman–Crippen MR) is 85.2 cm³/mol. The van der Waals surface area contributed by atoms with Gasteiger partial charge in [0.1, 0.15) is 0 Å². The Hall–Kier alpha value is -2.07. The van der Waals surface area contributed by atoms with Crippen LogP contribution in [0.3, 0.4) is 0 Å². The number of nitrogens with zero attached hydrogens (tertiary/aromatic N) is 2. The highest BCUT2D eigenvalue weighted by atomic mass is 32.1. The lowest BCUT2D eigenvalue weighted by molar-refractivity contribution is 0.465. The number of anilines is 2. The molecule has 2 aromatic carbocycles. The number of aromatic nitrogens is 1. The largest absolute Gasteiger partial charge is 0.399 e. The zero-order valence-corrected chi connectivity index (χ0v) is 11.8. The Morgan fingerprint density at radius 1 is 1.15 bits per heavy atom. The van der Waals surface area contributed by atoms with E-state index in [1.165, 1.54) is 16.7 Å². The molecule has 1 saturated heterocycles. The fraction of sp³-hybridized carbons (Fsp3) is 0.188. The van der Waals surface area contributed by atoms with Gasteiger partial charge >= 0.3 is 0 Å². The van der Waals surface area contributed by atoms with Crippen LogP contribution in [0.25, 0.3) is 10.2 Å². The van der Waals surface area contributed by atoms with Gasteiger partial charge in [-0.2, -0.15) is 0 Å². The first-order chi connectivity index (χ1) is 9.81. The van der Waals surface area contributed by atoms with E-state index < -0.39 is 0 Å². The van der Waals surface area contributed by atoms with Crippen LogP contribution < -0.4 is 10.6 Å². The van der Waals surface area contributed by atoms with Crippen molar-refractivity contribution < 1.29 is 0 Å². The maximum absolute atomic E-state index is 5.83. The summed E-state index contributed by atoms with van der Waals surface area (Å²) in [5.74, 6) is 0. The van der Waals surface area contributed by atoms with Crippen molar-refractivity contribution >= 4 is 32.4 Å². The van der Waals surface area contributed by atoms with Gasteiger partial charge in [-0.3, -0.25) is 0 Å². The molecule has 1 atom stereocenters. The van der Waals surface area contributed by atoms with Crippen LogP contribution >= 0.6 is 11.3 Å². The van der Waals surface area contributed by atoms with Crippen molar-refractivity contribution in [1.29, 1.82) is 0 Å². The van der Waals surface area contributed by atoms with Gasteiger partial charge in [-0.1, -0.05) is 41.7 Å². The number of fused-ring (bicyclic) bond motifs is 1. The summed E-state index contributed by atoms with van der Waals surface area (Å²) in [6.45, 7) is 1.08. The van der Waals surface area contributed by atoms with E-state index in [1.807, 2.05) is 12.1 Å². The second-order valence-corrected chi connectivity index (χ2v) is 6.14. The van der Waals surface area contributed by atoms with Crippen LogP contribution in [-0.2, 0) is 0 Å². The van der Waals surface area contributed by atoms with Crippen LogP contribution in [0, 0.1) is 0 Å². The molecule has 1 fully saturated rings. The van der Waals surface area contributed by atoms with Crippen molar-refractivity contribution in [2.75, 3.05) is 17.2 Å². The molecule has 0 amide bonds. The Bertz CT molecular complexity index is 751. The standard InChI is InChI=1S/C16H15N3S/c17-12-6-7-15-13(10-12)18-16(20-15)19-9-8-14(19)11-4-2-1-3-5-11/h1-7,10,14H,8-9,17H2. The van der Waals surface area contributed by atoms with Gasteiger partial charge in [0.05, 0.1) is 16.3 Å². The van der Waals surface area contributed by atoms with E-state index >= 15 is 0 Å². The van der Waals surface area contributed by atoms with E-state index in [2.05, 4.69) is 41.3 Å². The molecule has 4 rings (SSSR count). The number of nitrogen functional groups attached to an aromatic ring is 1. The molecule has 0 bridgehead atoms. The SMILES string of the molecule is Nc1ccc2sc(N3CCC3c3ccccc3)nc2c1. The second-order valence-electron chi connectivity index (χ2n) is 5.13. The summed E-state index contributed by atoms with van der Waals surface area (Å²) in [6.07, 6.45) is 1.20. The van der Waals surface area contributed by atoms with Crippen molar-refractivity contribution in [3.8, 4) is 0 Å². The Morgan fingerprint density at radius 2 is 2.00 bits per heavy atom. The van der Waals surface area contributed by atoms with Gasteiger partial charge in [0.15, 0.2) is 5.13 Å². The smallest absolute Gasteiger partial charge is 0.186 e. The molecule has 1 unspecified atom stereocenters. The summed E-state index contributed by atoms with van der Waals surface area (Å²) < 4.78 is 1.20. The van der Waals surface area contributed by atoms with Crippen molar-refractivity contribution in [3.63, 3.8) is 0 Å². The molecule has 20 heavy (non-hydrogen) atoms. The van der Waals surface area contributed by atoms with E-state index in [0.717, 1.165) is 22.9 Å². The Balaban J connectivity index is 1.69. The maximum atomic E-state index is 5.83. The minimum absolute atomic E-state index is 0.467. The highest BCUT2D eigenvalue weighted by Crippen LogP contribution is 2.41. The zero-order chi connectivity index (χ0) is 13.5. The van der Waals surface area contributed by atoms with E-state index in [-0.39, 0.29) is 0 Å². The molecule has 0 saturated carbocycles. The van der Waals surface area contributed by atoms with Crippen molar-refractivity contribution in [1.82, 2.24) is 4.98 Å². The first-order valence-corrected chi connectivity index (χ1v) is 7.60. The monoisotopic (exact) mass is 281 g/mol. The van der Waals surface area contributed by atoms with Crippen molar-refractivity contribution in [2.24, 2.45) is 0 Å². The fourth-order valence-corrected chi connectivity index (χ4v) is 3.71. The lowest BCUT2D eigenvalue weighted by atomic mass is 9.96. The molecule has 3 nitrogen and oxygen atoms in total. The molecule has 2 N–H and O–H groups in total. The first-order valence-electron chi connectivity index (χ1n) is 6.79. The van der Waals surface area contributed by atoms with E-state index in [4.69, 9.17) is 10.7 Å². The molecule has 1 aromatic heterocycles. The Kier molecular flexibility index (Phi) is 2.63. The number of thiazole rings is 1. The maximum Gasteiger partial charge on any atom is 0.186 e. The summed E-state index contributed by atoms with van der Waals surface area (Å²) in [4.78, 5) is 7.12. The third-order valence-electron chi connectivity index (χ3n) is 3.85. The average molecular weight is 281 g/mol. The molecule has 100 valence electrons. The predicted octanol–water partition coefficient (Wildman–Crippen LogP) is 3.83. The molecular formula is C16H15N3S. The third-order valence-corrected chi connectivity index (χ3v) is 4.92. The van der Waals surface area contributed by atoms with Crippen LogP contribution in [0.15, 0.2) is 48.5 Å². The number of hydrogen-bond acceptors (Lipinski definition) is 4. The molecular weight excluding hydrogens is 266 g/mol. The number of rotatable bonds is 2. The molecule has 1 aliphatic rings. The van der Waals surface area contributed by atoms with Gasteiger partial charge in [-0.15, -0.1) is 0 Å². The molecule has 4 heteroatoms. The second kappa shape index (κ2) is 4.49. The zero-order valence-electron chi connectivity index (χ0n) is 11.0. The lowest BCUT2D eigenvalue weighted by Gasteiger charge is -2.41. The minimum atomic E-state index is 0.467. The van der Waals surface area contributed by atoms with Crippen LogP contribution in [0.4, 0.5) is 10.8 Å². The molecule has 0 spiro atoms. The highest BCUT2D eigenvalue weighted by molar-refractivity contribution is 7.22. The lowest BCUT2D eigenvalue weighted by Crippen LogP contribution is -2.40. The van der Waals surface area contributed by atoms with Gasteiger partial charge < -0.3 is 10.6 Å². The normalized spacial score (nSPS) is 18.2. The van der Waals surface area contributed by atoms with Crippen LogP contribution in [-0.4, -0.2) is 11.5 Å². The van der Waals surface area contributed by atoms with Crippen LogP contribution in [0.2, 0.25) is 0 Å². The van der Waals surface area contributed by atoms with Crippen molar-refractivity contribution in [3.05, 3.63) is 54.1 Å². The Morgan fingerprint density at radius 3 is 2.75 bits per heavy atom. The summed E-state index contributed by atoms with van der Waals surface area (Å²) in [5.41, 5.74) is 8.98. The number of hydrogen-bond donors (Lipinski definition) is 1. The van der Waals surface area contributed by atoms with Gasteiger partial charge in [-0.25, -0.2) is 4.98 Å². The van der Waals surface area contributed by atoms with Gasteiger partial charge in [0, 0.05) is 12.2 Å². The van der Waals surface area contributed by atoms with E-state index in [0.29, 0.717) is 6.04 Å². The van der Waals surface area contributed by atoms with Crippen LogP contribution in [0.1, 0.15) is 18.0 Å². The molecule has 1 aliphatic heterocycles. The Labute approximate surface area is 121 Å². The quantitative estimate of drug-likeness (QED) is 0.726. The summed E-state index contributed by atoms with van der Waals surface area (Å²) in [7, 11) is 0. The van der Waals surface area contributed by atoms with Gasteiger partial charge in [-0.05, 0) is 30.2 Å². The molecule has 0 aliphatic carbocycles.